The number of hydrogen-bond acceptors (Lipinski definition) is 4. The zero-order valence-electron chi connectivity index (χ0n) is 4.50. The van der Waals surface area contributed by atoms with Gasteiger partial charge in [0.2, 0.25) is 0 Å². The topological polar surface area (TPSA) is 76.7 Å². The van der Waals surface area contributed by atoms with Gasteiger partial charge in [0.05, 0.1) is 6.20 Å². The molecule has 0 unspecified atom stereocenters. The number of carbonyl (C=O) groups excluding carboxylic acids is 1. The number of nitrogens with two attached hydrogens (primary N) is 1. The summed E-state index contributed by atoms with van der Waals surface area (Å²) in [5.74, 6) is -0.815. The molecule has 0 saturated carbocycles. The summed E-state index contributed by atoms with van der Waals surface area (Å²) in [5.41, 5.74) is 7.20. The molecule has 3 N–H and O–H groups in total. The summed E-state index contributed by atoms with van der Waals surface area (Å²) in [6.45, 7) is 0. The third-order valence-corrected chi connectivity index (χ3v) is 0.699. The van der Waals surface area contributed by atoms with Gasteiger partial charge in [-0.1, -0.05) is 0 Å². The van der Waals surface area contributed by atoms with Crippen molar-refractivity contribution in [3.05, 3.63) is 12.5 Å². The largest absolute Gasteiger partial charge is 0.440 e. The number of carbonyl (C=O) groups is 1. The van der Waals surface area contributed by atoms with E-state index in [-0.39, 0.29) is 5.90 Å². The van der Waals surface area contributed by atoms with Gasteiger partial charge < -0.3 is 10.5 Å². The van der Waals surface area contributed by atoms with Crippen LogP contribution in [0.5, 0.6) is 0 Å². The maximum Gasteiger partial charge on any atom is 0.306 e. The van der Waals surface area contributed by atoms with Gasteiger partial charge in [-0.2, -0.15) is 0 Å². The molecule has 0 atom stereocenters. The van der Waals surface area contributed by atoms with Crippen LogP contribution in [0.2, 0.25) is 0 Å². The van der Waals surface area contributed by atoms with Crippen molar-refractivity contribution in [2.75, 3.05) is 0 Å². The van der Waals surface area contributed by atoms with Crippen LogP contribution >= 0.6 is 0 Å². The number of nitrogens with zero attached hydrogens (tertiary/aromatic N) is 1. The van der Waals surface area contributed by atoms with E-state index < -0.39 is 5.91 Å². The molecule has 0 bridgehead atoms. The van der Waals surface area contributed by atoms with Crippen LogP contribution in [0.4, 0.5) is 0 Å². The lowest BCUT2D eigenvalue weighted by molar-refractivity contribution is -0.113. The minimum atomic E-state index is -0.688. The fourth-order valence-electron chi connectivity index (χ4n) is 0.364. The molecule has 1 aliphatic heterocycles. The first-order chi connectivity index (χ1) is 4.30. The molecular weight excluding hydrogens is 122 g/mol. The predicted molar refractivity (Wildman–Crippen MR) is 30.0 cm³/mol. The molecule has 1 amide bonds. The van der Waals surface area contributed by atoms with Gasteiger partial charge in [0.15, 0.2) is 0 Å². The smallest absolute Gasteiger partial charge is 0.306 e. The molecule has 1 rings (SSSR count). The van der Waals surface area contributed by atoms with Gasteiger partial charge in [0.1, 0.15) is 6.26 Å². The highest BCUT2D eigenvalue weighted by Gasteiger charge is 2.07. The highest BCUT2D eigenvalue weighted by molar-refractivity contribution is 6.34. The molecule has 0 aromatic heterocycles. The van der Waals surface area contributed by atoms with E-state index in [9.17, 15) is 4.79 Å². The summed E-state index contributed by atoms with van der Waals surface area (Å²) < 4.78 is 4.57. The van der Waals surface area contributed by atoms with E-state index in [1.165, 1.54) is 12.5 Å². The van der Waals surface area contributed by atoms with Gasteiger partial charge in [-0.25, -0.2) is 0 Å². The number of primary amides is 1. The van der Waals surface area contributed by atoms with Gasteiger partial charge in [0.25, 0.3) is 0 Å². The Morgan fingerprint density at radius 1 is 1.89 bits per heavy atom. The quantitative estimate of drug-likeness (QED) is 0.468. The van der Waals surface area contributed by atoms with Crippen molar-refractivity contribution in [2.24, 2.45) is 10.8 Å². The minimum Gasteiger partial charge on any atom is -0.440 e. The molecule has 0 aliphatic carbocycles. The second-order valence-corrected chi connectivity index (χ2v) is 1.33. The summed E-state index contributed by atoms with van der Waals surface area (Å²) in [6.07, 6.45) is 2.72. The van der Waals surface area contributed by atoms with E-state index in [4.69, 9.17) is 5.73 Å². The standard InChI is InChI=1S/C4H5N3O2/c5-3(8)4-7-6-1-2-9-4/h1-2,6H,(H2,5,8). The Hall–Kier alpha value is -1.52. The van der Waals surface area contributed by atoms with Crippen molar-refractivity contribution in [1.29, 1.82) is 0 Å². The third-order valence-electron chi connectivity index (χ3n) is 0.699. The SMILES string of the molecule is NC(=O)C1=NNC=CO1. The summed E-state index contributed by atoms with van der Waals surface area (Å²) in [4.78, 5) is 10.2. The fraction of sp³-hybridized carbons (Fsp3) is 0. The van der Waals surface area contributed by atoms with Crippen LogP contribution in [-0.2, 0) is 9.53 Å². The van der Waals surface area contributed by atoms with E-state index in [0.717, 1.165) is 0 Å². The predicted octanol–water partition coefficient (Wildman–Crippen LogP) is -1.12. The van der Waals surface area contributed by atoms with Crippen molar-refractivity contribution < 1.29 is 9.53 Å². The molecule has 0 aromatic carbocycles. The molecule has 48 valence electrons. The molecule has 0 fully saturated rings. The van der Waals surface area contributed by atoms with Crippen molar-refractivity contribution in [3.63, 3.8) is 0 Å². The lowest BCUT2D eigenvalue weighted by Gasteiger charge is -2.03. The Balaban J connectivity index is 2.61. The maximum atomic E-state index is 10.2. The average Bonchev–Trinajstić information content (AvgIpc) is 1.90. The van der Waals surface area contributed by atoms with Crippen molar-refractivity contribution in [1.82, 2.24) is 5.43 Å². The summed E-state index contributed by atoms with van der Waals surface area (Å²) in [6, 6.07) is 0. The first kappa shape index (κ1) is 5.61. The van der Waals surface area contributed by atoms with Crippen LogP contribution in [0.15, 0.2) is 17.6 Å². The summed E-state index contributed by atoms with van der Waals surface area (Å²) >= 11 is 0. The molecule has 0 aromatic rings. The fourth-order valence-corrected chi connectivity index (χ4v) is 0.364. The summed E-state index contributed by atoms with van der Waals surface area (Å²) in [7, 11) is 0. The van der Waals surface area contributed by atoms with Crippen molar-refractivity contribution >= 4 is 11.8 Å². The molecule has 0 spiro atoms. The van der Waals surface area contributed by atoms with Crippen molar-refractivity contribution in [2.45, 2.75) is 0 Å². The van der Waals surface area contributed by atoms with Crippen LogP contribution < -0.4 is 11.2 Å². The highest BCUT2D eigenvalue weighted by atomic mass is 16.5. The van der Waals surface area contributed by atoms with Gasteiger partial charge in [-0.15, -0.1) is 5.10 Å². The lowest BCUT2D eigenvalue weighted by atomic mass is 10.6. The third kappa shape index (κ3) is 1.18. The van der Waals surface area contributed by atoms with Gasteiger partial charge in [-0.3, -0.25) is 10.2 Å². The molecule has 5 nitrogen and oxygen atoms in total. The molecule has 0 radical (unpaired) electrons. The van der Waals surface area contributed by atoms with Crippen LogP contribution in [0, 0.1) is 0 Å². The normalized spacial score (nSPS) is 15.3. The van der Waals surface area contributed by atoms with Gasteiger partial charge >= 0.3 is 11.8 Å². The Morgan fingerprint density at radius 3 is 3.00 bits per heavy atom. The number of rotatable bonds is 1. The summed E-state index contributed by atoms with van der Waals surface area (Å²) in [5, 5.41) is 3.41. The Bertz CT molecular complexity index is 184. The zero-order chi connectivity index (χ0) is 6.69. The number of nitrogens with one attached hydrogen (secondary N) is 1. The van der Waals surface area contributed by atoms with E-state index in [1.807, 2.05) is 0 Å². The average molecular weight is 127 g/mol. The number of amides is 1. The van der Waals surface area contributed by atoms with Crippen LogP contribution in [-0.4, -0.2) is 11.8 Å². The lowest BCUT2D eigenvalue weighted by Crippen LogP contribution is -2.27. The van der Waals surface area contributed by atoms with Crippen LogP contribution in [0.3, 0.4) is 0 Å². The Morgan fingerprint density at radius 2 is 2.67 bits per heavy atom. The molecule has 0 saturated heterocycles. The maximum absolute atomic E-state index is 10.2. The zero-order valence-corrected chi connectivity index (χ0v) is 4.50. The molecule has 5 heteroatoms. The number of ether oxygens (including phenoxy) is 1. The first-order valence-electron chi connectivity index (χ1n) is 2.25. The second kappa shape index (κ2) is 2.17. The van der Waals surface area contributed by atoms with E-state index in [1.54, 1.807) is 0 Å². The van der Waals surface area contributed by atoms with Crippen LogP contribution in [0.25, 0.3) is 0 Å². The molecular formula is C4H5N3O2. The van der Waals surface area contributed by atoms with Gasteiger partial charge in [0, 0.05) is 0 Å². The minimum absolute atomic E-state index is 0.127. The van der Waals surface area contributed by atoms with Gasteiger partial charge in [-0.05, 0) is 0 Å². The van der Waals surface area contributed by atoms with Crippen LogP contribution in [0.1, 0.15) is 0 Å². The first-order valence-corrected chi connectivity index (χ1v) is 2.25. The monoisotopic (exact) mass is 127 g/mol. The Labute approximate surface area is 51.2 Å². The van der Waals surface area contributed by atoms with E-state index in [0.29, 0.717) is 0 Å². The number of hydrazone groups is 1. The molecule has 9 heavy (non-hydrogen) atoms. The van der Waals surface area contributed by atoms with E-state index in [2.05, 4.69) is 15.3 Å². The van der Waals surface area contributed by atoms with E-state index >= 15 is 0 Å². The highest BCUT2D eigenvalue weighted by Crippen LogP contribution is 1.86. The molecule has 1 aliphatic rings. The Kier molecular flexibility index (Phi) is 1.35. The number of hydrogen-bond donors (Lipinski definition) is 2. The van der Waals surface area contributed by atoms with Crippen molar-refractivity contribution in [3.8, 4) is 0 Å². The second-order valence-electron chi connectivity index (χ2n) is 1.33. The molecule has 1 heterocycles.